The van der Waals surface area contributed by atoms with Gasteiger partial charge >= 0.3 is 5.97 Å². The summed E-state index contributed by atoms with van der Waals surface area (Å²) in [5.74, 6) is -0.333. The second-order valence-corrected chi connectivity index (χ2v) is 4.62. The molecule has 0 saturated heterocycles. The fraction of sp³-hybridized carbons (Fsp3) is 0.133. The van der Waals surface area contributed by atoms with Crippen LogP contribution in [0.4, 0.5) is 0 Å². The number of fused-ring (bicyclic) bond motifs is 1. The first kappa shape index (κ1) is 13.1. The molecule has 21 heavy (non-hydrogen) atoms. The van der Waals surface area contributed by atoms with Crippen molar-refractivity contribution in [1.82, 2.24) is 15.0 Å². The molecule has 3 aromatic rings. The van der Waals surface area contributed by atoms with Crippen LogP contribution in [0.1, 0.15) is 23.1 Å². The number of phenols is 1. The van der Waals surface area contributed by atoms with Crippen molar-refractivity contribution in [2.45, 2.75) is 13.3 Å². The van der Waals surface area contributed by atoms with Gasteiger partial charge in [-0.2, -0.15) is 0 Å². The van der Waals surface area contributed by atoms with Crippen LogP contribution in [0.5, 0.6) is 5.75 Å². The molecule has 6 heteroatoms. The van der Waals surface area contributed by atoms with Crippen molar-refractivity contribution >= 4 is 17.0 Å². The molecule has 0 unspecified atom stereocenters. The number of aryl methyl sites for hydroxylation is 1. The Hall–Kier alpha value is -2.89. The standard InChI is InChI=1S/C15H13N3O3/c1-2-11-17-13(8-4-3-5-9(19)6-8)12-10(15(20)21)7-16-14(12)18-11/h3-7,19H,2H2,1H3,(H,20,21)(H,16,17,18). The molecule has 3 rings (SSSR count). The predicted octanol–water partition coefficient (Wildman–Crippen LogP) is 2.59. The van der Waals surface area contributed by atoms with E-state index in [0.717, 1.165) is 0 Å². The minimum Gasteiger partial charge on any atom is -0.508 e. The van der Waals surface area contributed by atoms with Gasteiger partial charge in [-0.1, -0.05) is 19.1 Å². The zero-order valence-corrected chi connectivity index (χ0v) is 11.3. The van der Waals surface area contributed by atoms with Gasteiger partial charge in [-0.15, -0.1) is 0 Å². The van der Waals surface area contributed by atoms with E-state index in [9.17, 15) is 15.0 Å². The highest BCUT2D eigenvalue weighted by Crippen LogP contribution is 2.30. The topological polar surface area (TPSA) is 99.1 Å². The number of aromatic hydroxyl groups is 1. The maximum absolute atomic E-state index is 11.4. The number of carbonyl (C=O) groups is 1. The highest BCUT2D eigenvalue weighted by Gasteiger charge is 2.18. The van der Waals surface area contributed by atoms with Crippen LogP contribution in [0.25, 0.3) is 22.3 Å². The molecule has 3 N–H and O–H groups in total. The normalized spacial score (nSPS) is 10.9. The third kappa shape index (κ3) is 2.20. The summed E-state index contributed by atoms with van der Waals surface area (Å²) < 4.78 is 0. The van der Waals surface area contributed by atoms with Gasteiger partial charge in [0.05, 0.1) is 16.6 Å². The molecule has 0 spiro atoms. The second-order valence-electron chi connectivity index (χ2n) is 4.62. The van der Waals surface area contributed by atoms with Gasteiger partial charge in [0.25, 0.3) is 0 Å². The molecule has 1 aromatic carbocycles. The molecule has 0 bridgehead atoms. The lowest BCUT2D eigenvalue weighted by atomic mass is 10.1. The summed E-state index contributed by atoms with van der Waals surface area (Å²) in [6.45, 7) is 1.93. The van der Waals surface area contributed by atoms with Crippen molar-refractivity contribution in [2.24, 2.45) is 0 Å². The zero-order valence-electron chi connectivity index (χ0n) is 11.3. The van der Waals surface area contributed by atoms with E-state index in [4.69, 9.17) is 0 Å². The summed E-state index contributed by atoms with van der Waals surface area (Å²) in [6, 6.07) is 6.58. The molecule has 0 saturated carbocycles. The summed E-state index contributed by atoms with van der Waals surface area (Å²) in [5, 5.41) is 19.4. The van der Waals surface area contributed by atoms with E-state index >= 15 is 0 Å². The van der Waals surface area contributed by atoms with E-state index in [1.807, 2.05) is 6.92 Å². The molecule has 0 aliphatic rings. The highest BCUT2D eigenvalue weighted by atomic mass is 16.4. The van der Waals surface area contributed by atoms with Gasteiger partial charge in [0.15, 0.2) is 0 Å². The summed E-state index contributed by atoms with van der Waals surface area (Å²) in [7, 11) is 0. The van der Waals surface area contributed by atoms with E-state index < -0.39 is 5.97 Å². The van der Waals surface area contributed by atoms with Crippen molar-refractivity contribution in [1.29, 1.82) is 0 Å². The Kier molecular flexibility index (Phi) is 3.06. The third-order valence-corrected chi connectivity index (χ3v) is 3.24. The summed E-state index contributed by atoms with van der Waals surface area (Å²) in [4.78, 5) is 23.0. The number of nitrogens with one attached hydrogen (secondary N) is 1. The van der Waals surface area contributed by atoms with Gasteiger partial charge < -0.3 is 15.2 Å². The summed E-state index contributed by atoms with van der Waals surface area (Å²) in [5.41, 5.74) is 1.76. The maximum Gasteiger partial charge on any atom is 0.338 e. The summed E-state index contributed by atoms with van der Waals surface area (Å²) >= 11 is 0. The zero-order chi connectivity index (χ0) is 15.0. The van der Waals surface area contributed by atoms with Gasteiger partial charge in [0, 0.05) is 18.2 Å². The van der Waals surface area contributed by atoms with Gasteiger partial charge in [-0.3, -0.25) is 0 Å². The van der Waals surface area contributed by atoms with Crippen LogP contribution < -0.4 is 0 Å². The fourth-order valence-electron chi connectivity index (χ4n) is 2.27. The molecule has 2 heterocycles. The molecule has 0 aliphatic carbocycles. The Morgan fingerprint density at radius 2 is 2.14 bits per heavy atom. The first-order chi connectivity index (χ1) is 10.1. The number of H-pyrrole nitrogens is 1. The number of hydrogen-bond donors (Lipinski definition) is 3. The average Bonchev–Trinajstić information content (AvgIpc) is 2.90. The maximum atomic E-state index is 11.4. The number of hydrogen-bond acceptors (Lipinski definition) is 4. The Bertz CT molecular complexity index is 839. The van der Waals surface area contributed by atoms with Crippen LogP contribution in [0, 0.1) is 0 Å². The van der Waals surface area contributed by atoms with Crippen molar-refractivity contribution in [3.63, 3.8) is 0 Å². The Labute approximate surface area is 120 Å². The number of nitrogens with zero attached hydrogens (tertiary/aromatic N) is 2. The third-order valence-electron chi connectivity index (χ3n) is 3.24. The lowest BCUT2D eigenvalue weighted by Gasteiger charge is -2.06. The number of rotatable bonds is 3. The van der Waals surface area contributed by atoms with Crippen LogP contribution in [-0.2, 0) is 6.42 Å². The van der Waals surface area contributed by atoms with Gasteiger partial charge in [-0.05, 0) is 12.1 Å². The summed E-state index contributed by atoms with van der Waals surface area (Å²) in [6.07, 6.45) is 2.04. The minimum atomic E-state index is -1.05. The molecular weight excluding hydrogens is 270 g/mol. The van der Waals surface area contributed by atoms with Gasteiger partial charge in [-0.25, -0.2) is 14.8 Å². The fourth-order valence-corrected chi connectivity index (χ4v) is 2.27. The quantitative estimate of drug-likeness (QED) is 0.686. The molecule has 0 aliphatic heterocycles. The highest BCUT2D eigenvalue weighted by molar-refractivity contribution is 6.07. The largest absolute Gasteiger partial charge is 0.508 e. The van der Waals surface area contributed by atoms with E-state index in [2.05, 4.69) is 15.0 Å². The molecule has 6 nitrogen and oxygen atoms in total. The molecule has 106 valence electrons. The molecule has 0 fully saturated rings. The van der Waals surface area contributed by atoms with Crippen LogP contribution >= 0.6 is 0 Å². The lowest BCUT2D eigenvalue weighted by Crippen LogP contribution is -2.00. The number of aromatic amines is 1. The number of aromatic carboxylic acids is 1. The van der Waals surface area contributed by atoms with Crippen LogP contribution in [0.15, 0.2) is 30.5 Å². The first-order valence-corrected chi connectivity index (χ1v) is 6.51. The average molecular weight is 283 g/mol. The lowest BCUT2D eigenvalue weighted by molar-refractivity contribution is 0.0699. The van der Waals surface area contributed by atoms with E-state index in [0.29, 0.717) is 34.5 Å². The van der Waals surface area contributed by atoms with Crippen molar-refractivity contribution in [3.05, 3.63) is 41.9 Å². The number of aromatic nitrogens is 3. The number of carboxylic acid groups (broad SMARTS) is 1. The molecule has 2 aromatic heterocycles. The SMILES string of the molecule is CCc1nc(-c2cccc(O)c2)c2c(C(=O)O)c[nH]c2n1. The van der Waals surface area contributed by atoms with Crippen LogP contribution in [0.2, 0.25) is 0 Å². The number of benzene rings is 1. The molecule has 0 radical (unpaired) electrons. The van der Waals surface area contributed by atoms with Crippen molar-refractivity contribution in [3.8, 4) is 17.0 Å². The van der Waals surface area contributed by atoms with Crippen molar-refractivity contribution in [2.75, 3.05) is 0 Å². The van der Waals surface area contributed by atoms with E-state index in [-0.39, 0.29) is 11.3 Å². The van der Waals surface area contributed by atoms with Crippen LogP contribution in [0.3, 0.4) is 0 Å². The van der Waals surface area contributed by atoms with Gasteiger partial charge in [0.1, 0.15) is 17.2 Å². The Morgan fingerprint density at radius 3 is 2.81 bits per heavy atom. The van der Waals surface area contributed by atoms with Crippen LogP contribution in [-0.4, -0.2) is 31.1 Å². The Morgan fingerprint density at radius 1 is 1.33 bits per heavy atom. The minimum absolute atomic E-state index is 0.102. The second kappa shape index (κ2) is 4.90. The Balaban J connectivity index is 2.37. The smallest absolute Gasteiger partial charge is 0.338 e. The molecule has 0 atom stereocenters. The van der Waals surface area contributed by atoms with E-state index in [1.54, 1.807) is 24.3 Å². The number of carboxylic acids is 1. The predicted molar refractivity (Wildman–Crippen MR) is 77.3 cm³/mol. The molecule has 0 amide bonds. The first-order valence-electron chi connectivity index (χ1n) is 6.51. The number of phenolic OH excluding ortho intramolecular Hbond substituents is 1. The monoisotopic (exact) mass is 283 g/mol. The molecular formula is C15H13N3O3. The van der Waals surface area contributed by atoms with E-state index in [1.165, 1.54) is 6.20 Å². The van der Waals surface area contributed by atoms with Gasteiger partial charge in [0.2, 0.25) is 0 Å². The van der Waals surface area contributed by atoms with Crippen molar-refractivity contribution < 1.29 is 15.0 Å².